The standard InChI is InChI=1S/C27H24O8/c1-5-33-20-9-7-6-8-16(20)12-22-25(28)19-11-10-18(15-21(19)35-22)34-27(29)17-13-23(30-2)26(32-4)24(14-17)31-3/h6-15H,5H2,1-4H3. The summed E-state index contributed by atoms with van der Waals surface area (Å²) in [5.41, 5.74) is 1.29. The molecule has 0 aromatic heterocycles. The fourth-order valence-electron chi connectivity index (χ4n) is 3.62. The molecule has 8 nitrogen and oxygen atoms in total. The molecule has 35 heavy (non-hydrogen) atoms. The minimum absolute atomic E-state index is 0.153. The topological polar surface area (TPSA) is 89.5 Å². The van der Waals surface area contributed by atoms with Crippen molar-refractivity contribution >= 4 is 17.8 Å². The van der Waals surface area contributed by atoms with E-state index in [-0.39, 0.29) is 22.9 Å². The Labute approximate surface area is 202 Å². The number of esters is 1. The van der Waals surface area contributed by atoms with Crippen LogP contribution in [-0.4, -0.2) is 39.7 Å². The van der Waals surface area contributed by atoms with E-state index >= 15 is 0 Å². The Morgan fingerprint density at radius 1 is 0.914 bits per heavy atom. The molecule has 1 heterocycles. The molecule has 0 saturated heterocycles. The number of carbonyl (C=O) groups is 2. The van der Waals surface area contributed by atoms with Gasteiger partial charge in [-0.2, -0.15) is 0 Å². The maximum absolute atomic E-state index is 12.8. The van der Waals surface area contributed by atoms with Crippen LogP contribution >= 0.6 is 0 Å². The fourth-order valence-corrected chi connectivity index (χ4v) is 3.62. The van der Waals surface area contributed by atoms with E-state index in [2.05, 4.69) is 0 Å². The second-order valence-electron chi connectivity index (χ2n) is 7.37. The average Bonchev–Trinajstić information content (AvgIpc) is 3.18. The molecule has 0 unspecified atom stereocenters. The lowest BCUT2D eigenvalue weighted by Gasteiger charge is -2.13. The summed E-state index contributed by atoms with van der Waals surface area (Å²) in [5.74, 6) is 1.41. The van der Waals surface area contributed by atoms with Crippen molar-refractivity contribution in [3.63, 3.8) is 0 Å². The highest BCUT2D eigenvalue weighted by molar-refractivity contribution is 6.14. The van der Waals surface area contributed by atoms with E-state index in [0.717, 1.165) is 5.56 Å². The molecule has 0 radical (unpaired) electrons. The van der Waals surface area contributed by atoms with E-state index in [1.54, 1.807) is 12.1 Å². The first-order valence-electron chi connectivity index (χ1n) is 10.8. The molecule has 8 heteroatoms. The number of methoxy groups -OCH3 is 3. The number of benzene rings is 3. The third kappa shape index (κ3) is 4.77. The molecule has 0 saturated carbocycles. The molecule has 0 amide bonds. The van der Waals surface area contributed by atoms with Gasteiger partial charge < -0.3 is 28.4 Å². The lowest BCUT2D eigenvalue weighted by molar-refractivity contribution is 0.0733. The predicted molar refractivity (Wildman–Crippen MR) is 128 cm³/mol. The van der Waals surface area contributed by atoms with Crippen LogP contribution in [0, 0.1) is 0 Å². The van der Waals surface area contributed by atoms with Crippen LogP contribution in [0.5, 0.6) is 34.5 Å². The molecular weight excluding hydrogens is 452 g/mol. The number of fused-ring (bicyclic) bond motifs is 1. The minimum Gasteiger partial charge on any atom is -0.493 e. The second kappa shape index (κ2) is 10.2. The van der Waals surface area contributed by atoms with Gasteiger partial charge in [0.05, 0.1) is 39.1 Å². The largest absolute Gasteiger partial charge is 0.493 e. The van der Waals surface area contributed by atoms with Gasteiger partial charge in [0.15, 0.2) is 17.3 Å². The average molecular weight is 476 g/mol. The Bertz CT molecular complexity index is 1280. The number of Topliss-reactive ketones (excluding diaryl/α,β-unsaturated/α-hetero) is 1. The summed E-state index contributed by atoms with van der Waals surface area (Å²) in [6.07, 6.45) is 1.63. The highest BCUT2D eigenvalue weighted by Gasteiger charge is 2.28. The molecule has 0 bridgehead atoms. The van der Waals surface area contributed by atoms with Crippen LogP contribution in [0.2, 0.25) is 0 Å². The van der Waals surface area contributed by atoms with Crippen molar-refractivity contribution in [1.82, 2.24) is 0 Å². The van der Waals surface area contributed by atoms with Crippen LogP contribution < -0.4 is 28.4 Å². The number of rotatable bonds is 8. The van der Waals surface area contributed by atoms with Gasteiger partial charge in [0, 0.05) is 11.6 Å². The Morgan fingerprint density at radius 2 is 1.63 bits per heavy atom. The summed E-state index contributed by atoms with van der Waals surface area (Å²) >= 11 is 0. The lowest BCUT2D eigenvalue weighted by Crippen LogP contribution is -2.09. The SMILES string of the molecule is CCOc1ccccc1C=C1Oc2cc(OC(=O)c3cc(OC)c(OC)c(OC)c3)ccc2C1=O. The van der Waals surface area contributed by atoms with Gasteiger partial charge in [0.25, 0.3) is 0 Å². The maximum atomic E-state index is 12.8. The third-order valence-electron chi connectivity index (χ3n) is 5.26. The Morgan fingerprint density at radius 3 is 2.29 bits per heavy atom. The first-order chi connectivity index (χ1) is 17.0. The lowest BCUT2D eigenvalue weighted by atomic mass is 10.1. The zero-order valence-corrected chi connectivity index (χ0v) is 19.7. The van der Waals surface area contributed by atoms with Crippen LogP contribution in [0.15, 0.2) is 60.4 Å². The van der Waals surface area contributed by atoms with Gasteiger partial charge in [-0.3, -0.25) is 4.79 Å². The molecule has 180 valence electrons. The summed E-state index contributed by atoms with van der Waals surface area (Å²) in [4.78, 5) is 25.7. The minimum atomic E-state index is -0.644. The number of para-hydroxylation sites is 1. The first kappa shape index (κ1) is 23.7. The van der Waals surface area contributed by atoms with Gasteiger partial charge in [0.2, 0.25) is 11.5 Å². The van der Waals surface area contributed by atoms with Crippen LogP contribution in [-0.2, 0) is 0 Å². The van der Waals surface area contributed by atoms with Gasteiger partial charge in [0.1, 0.15) is 17.2 Å². The van der Waals surface area contributed by atoms with Gasteiger partial charge in [-0.1, -0.05) is 18.2 Å². The highest BCUT2D eigenvalue weighted by atomic mass is 16.5. The number of ether oxygens (including phenoxy) is 6. The van der Waals surface area contributed by atoms with Crippen molar-refractivity contribution in [2.45, 2.75) is 6.92 Å². The molecule has 0 atom stereocenters. The quantitative estimate of drug-likeness (QED) is 0.256. The number of allylic oxidation sites excluding steroid dienone is 1. The van der Waals surface area contributed by atoms with Crippen LogP contribution in [0.1, 0.15) is 33.2 Å². The van der Waals surface area contributed by atoms with E-state index in [0.29, 0.717) is 40.9 Å². The summed E-state index contributed by atoms with van der Waals surface area (Å²) in [7, 11) is 4.39. The van der Waals surface area contributed by atoms with Crippen molar-refractivity contribution in [2.75, 3.05) is 27.9 Å². The molecule has 3 aromatic carbocycles. The van der Waals surface area contributed by atoms with E-state index in [1.165, 1.54) is 45.6 Å². The Balaban J connectivity index is 1.57. The number of carbonyl (C=O) groups excluding carboxylic acids is 2. The van der Waals surface area contributed by atoms with Gasteiger partial charge >= 0.3 is 5.97 Å². The van der Waals surface area contributed by atoms with E-state index < -0.39 is 5.97 Å². The Hall–Kier alpha value is -4.46. The first-order valence-corrected chi connectivity index (χ1v) is 10.8. The summed E-state index contributed by atoms with van der Waals surface area (Å²) in [5, 5.41) is 0. The van der Waals surface area contributed by atoms with Gasteiger partial charge in [-0.15, -0.1) is 0 Å². The van der Waals surface area contributed by atoms with E-state index in [4.69, 9.17) is 28.4 Å². The molecule has 4 rings (SSSR count). The number of hydrogen-bond acceptors (Lipinski definition) is 8. The summed E-state index contributed by atoms with van der Waals surface area (Å²) < 4.78 is 32.8. The van der Waals surface area contributed by atoms with E-state index in [1.807, 2.05) is 31.2 Å². The maximum Gasteiger partial charge on any atom is 0.343 e. The molecule has 0 N–H and O–H groups in total. The molecule has 0 fully saturated rings. The van der Waals surface area contributed by atoms with Crippen molar-refractivity contribution < 1.29 is 38.0 Å². The molecule has 3 aromatic rings. The van der Waals surface area contributed by atoms with Gasteiger partial charge in [-0.05, 0) is 43.3 Å². The smallest absolute Gasteiger partial charge is 0.343 e. The normalized spacial score (nSPS) is 13.1. The molecular formula is C27H24O8. The number of hydrogen-bond donors (Lipinski definition) is 0. The molecule has 1 aliphatic rings. The molecule has 0 aliphatic carbocycles. The summed E-state index contributed by atoms with van der Waals surface area (Å²) in [6.45, 7) is 2.38. The molecule has 0 spiro atoms. The van der Waals surface area contributed by atoms with Crippen molar-refractivity contribution in [3.8, 4) is 34.5 Å². The van der Waals surface area contributed by atoms with Crippen molar-refractivity contribution in [3.05, 3.63) is 77.0 Å². The second-order valence-corrected chi connectivity index (χ2v) is 7.37. The monoisotopic (exact) mass is 476 g/mol. The summed E-state index contributed by atoms with van der Waals surface area (Å²) in [6, 6.07) is 14.9. The van der Waals surface area contributed by atoms with E-state index in [9.17, 15) is 9.59 Å². The zero-order valence-electron chi connectivity index (χ0n) is 19.7. The third-order valence-corrected chi connectivity index (χ3v) is 5.26. The Kier molecular flexibility index (Phi) is 6.91. The van der Waals surface area contributed by atoms with Crippen LogP contribution in [0.4, 0.5) is 0 Å². The zero-order chi connectivity index (χ0) is 24.9. The highest BCUT2D eigenvalue weighted by Crippen LogP contribution is 2.39. The van der Waals surface area contributed by atoms with Crippen LogP contribution in [0.25, 0.3) is 6.08 Å². The van der Waals surface area contributed by atoms with Gasteiger partial charge in [-0.25, -0.2) is 4.79 Å². The van der Waals surface area contributed by atoms with Crippen molar-refractivity contribution in [2.24, 2.45) is 0 Å². The van der Waals surface area contributed by atoms with Crippen LogP contribution in [0.3, 0.4) is 0 Å². The predicted octanol–water partition coefficient (Wildman–Crippen LogP) is 4.95. The fraction of sp³-hybridized carbons (Fsp3) is 0.185. The van der Waals surface area contributed by atoms with Crippen molar-refractivity contribution in [1.29, 1.82) is 0 Å². The number of ketones is 1. The molecule has 1 aliphatic heterocycles.